The molecule has 0 spiro atoms. The molecule has 13 nitrogen and oxygen atoms in total. The highest BCUT2D eigenvalue weighted by molar-refractivity contribution is 7.98. The van der Waals surface area contributed by atoms with Gasteiger partial charge in [0.05, 0.1) is 6.04 Å². The molecule has 0 bridgehead atoms. The van der Waals surface area contributed by atoms with Crippen LogP contribution < -0.4 is 27.4 Å². The molecule has 4 atom stereocenters. The highest BCUT2D eigenvalue weighted by Crippen LogP contribution is 2.19. The zero-order valence-electron chi connectivity index (χ0n) is 23.1. The Morgan fingerprint density at radius 2 is 1.56 bits per heavy atom. The molecule has 4 unspecified atom stereocenters. The fourth-order valence-corrected chi connectivity index (χ4v) is 4.71. The number of H-pyrrole nitrogens is 1. The first-order valence-corrected chi connectivity index (χ1v) is 14.8. The van der Waals surface area contributed by atoms with Gasteiger partial charge in [-0.25, -0.2) is 4.79 Å². The van der Waals surface area contributed by atoms with E-state index in [1.54, 1.807) is 18.0 Å². The van der Waals surface area contributed by atoms with Crippen LogP contribution in [0.4, 0.5) is 0 Å². The molecule has 0 saturated carbocycles. The monoisotopic (exact) mass is 592 g/mol. The number of aromatic amines is 1. The van der Waals surface area contributed by atoms with E-state index in [9.17, 15) is 29.1 Å². The number of hydrogen-bond donors (Lipinski definition) is 8. The van der Waals surface area contributed by atoms with E-state index in [-0.39, 0.29) is 19.3 Å². The Morgan fingerprint density at radius 3 is 2.22 bits per heavy atom. The number of unbranched alkanes of at least 4 members (excludes halogenated alkanes) is 1. The van der Waals surface area contributed by atoms with Crippen LogP contribution in [-0.2, 0) is 30.4 Å². The third kappa shape index (κ3) is 11.1. The Kier molecular flexibility index (Phi) is 14.1. The molecule has 41 heavy (non-hydrogen) atoms. The number of hydrogen-bond acceptors (Lipinski definition) is 8. The zero-order chi connectivity index (χ0) is 30.4. The van der Waals surface area contributed by atoms with Gasteiger partial charge >= 0.3 is 11.9 Å². The topological polar surface area (TPSA) is 230 Å². The Bertz CT molecular complexity index is 1190. The summed E-state index contributed by atoms with van der Waals surface area (Å²) in [4.78, 5) is 65.4. The molecule has 3 amide bonds. The number of carbonyl (C=O) groups is 5. The summed E-state index contributed by atoms with van der Waals surface area (Å²) in [6.07, 6.45) is 4.60. The number of para-hydroxylation sites is 1. The fourth-order valence-electron chi connectivity index (χ4n) is 4.22. The maximum atomic E-state index is 13.5. The molecule has 1 aromatic heterocycles. The molecule has 0 radical (unpaired) electrons. The highest BCUT2D eigenvalue weighted by Gasteiger charge is 2.31. The van der Waals surface area contributed by atoms with Crippen LogP contribution in [0.25, 0.3) is 10.9 Å². The number of nitrogens with two attached hydrogens (primary N) is 2. The van der Waals surface area contributed by atoms with E-state index >= 15 is 0 Å². The van der Waals surface area contributed by atoms with Gasteiger partial charge in [0.1, 0.15) is 18.1 Å². The number of fused-ring (bicyclic) bond motifs is 1. The number of aliphatic carboxylic acids is 2. The predicted molar refractivity (Wildman–Crippen MR) is 156 cm³/mol. The summed E-state index contributed by atoms with van der Waals surface area (Å²) in [6, 6.07) is 2.83. The molecule has 1 heterocycles. The third-order valence-corrected chi connectivity index (χ3v) is 7.19. The van der Waals surface area contributed by atoms with Gasteiger partial charge in [0.2, 0.25) is 17.7 Å². The second-order valence-corrected chi connectivity index (χ2v) is 10.7. The van der Waals surface area contributed by atoms with Crippen LogP contribution in [0, 0.1) is 0 Å². The number of carboxylic acids is 2. The van der Waals surface area contributed by atoms with Gasteiger partial charge in [-0.3, -0.25) is 19.2 Å². The van der Waals surface area contributed by atoms with Crippen molar-refractivity contribution in [2.75, 3.05) is 18.6 Å². The van der Waals surface area contributed by atoms with Gasteiger partial charge in [0.15, 0.2) is 0 Å². The lowest BCUT2D eigenvalue weighted by atomic mass is 10.0. The van der Waals surface area contributed by atoms with Crippen LogP contribution in [0.1, 0.15) is 44.1 Å². The summed E-state index contributed by atoms with van der Waals surface area (Å²) >= 11 is 1.54. The molecule has 0 aliphatic heterocycles. The van der Waals surface area contributed by atoms with E-state index in [2.05, 4.69) is 20.9 Å². The summed E-state index contributed by atoms with van der Waals surface area (Å²) in [5.74, 6) is -3.87. The number of rotatable bonds is 19. The Morgan fingerprint density at radius 1 is 0.902 bits per heavy atom. The molecule has 1 aromatic carbocycles. The van der Waals surface area contributed by atoms with Crippen molar-refractivity contribution in [2.45, 2.75) is 69.1 Å². The lowest BCUT2D eigenvalue weighted by Gasteiger charge is -2.25. The minimum atomic E-state index is -1.48. The van der Waals surface area contributed by atoms with E-state index in [1.807, 2.05) is 30.5 Å². The van der Waals surface area contributed by atoms with Crippen LogP contribution in [-0.4, -0.2) is 87.6 Å². The number of aromatic nitrogens is 1. The summed E-state index contributed by atoms with van der Waals surface area (Å²) in [7, 11) is 0. The van der Waals surface area contributed by atoms with Crippen molar-refractivity contribution in [3.63, 3.8) is 0 Å². The van der Waals surface area contributed by atoms with E-state index < -0.39 is 60.2 Å². The normalized spacial score (nSPS) is 14.0. The lowest BCUT2D eigenvalue weighted by molar-refractivity contribution is -0.143. The van der Waals surface area contributed by atoms with Crippen molar-refractivity contribution in [2.24, 2.45) is 11.5 Å². The predicted octanol–water partition coefficient (Wildman–Crippen LogP) is 0.324. The standard InChI is InChI=1S/C27H40N6O7S/c1-41-13-11-18(29)24(36)31-20(8-4-5-12-28)25(37)33-22(14-16-15-30-19-7-3-2-6-17(16)19)26(38)32-21(27(39)40)9-10-23(34)35/h2-3,6-7,15,18,20-22,30H,4-5,8-14,28-29H2,1H3,(H,31,36)(H,32,38)(H,33,37)(H,34,35)(H,39,40). The van der Waals surface area contributed by atoms with Crippen molar-refractivity contribution in [1.82, 2.24) is 20.9 Å². The van der Waals surface area contributed by atoms with E-state index in [1.165, 1.54) is 0 Å². The molecule has 0 saturated heterocycles. The van der Waals surface area contributed by atoms with Crippen molar-refractivity contribution < 1.29 is 34.2 Å². The third-order valence-electron chi connectivity index (χ3n) is 6.54. The molecule has 2 rings (SSSR count). The minimum Gasteiger partial charge on any atom is -0.481 e. The first-order valence-electron chi connectivity index (χ1n) is 13.4. The van der Waals surface area contributed by atoms with Gasteiger partial charge in [-0.05, 0) is 62.3 Å². The van der Waals surface area contributed by atoms with Crippen molar-refractivity contribution in [3.05, 3.63) is 36.0 Å². The largest absolute Gasteiger partial charge is 0.481 e. The summed E-state index contributed by atoms with van der Waals surface area (Å²) in [6.45, 7) is 0.397. The Hall–Kier alpha value is -3.62. The summed E-state index contributed by atoms with van der Waals surface area (Å²) < 4.78 is 0. The molecule has 0 aliphatic carbocycles. The van der Waals surface area contributed by atoms with Crippen LogP contribution in [0.5, 0.6) is 0 Å². The molecule has 0 aliphatic rings. The summed E-state index contributed by atoms with van der Waals surface area (Å²) in [5, 5.41) is 27.1. The van der Waals surface area contributed by atoms with Gasteiger partial charge in [0, 0.05) is 29.9 Å². The van der Waals surface area contributed by atoms with Crippen LogP contribution in [0.2, 0.25) is 0 Å². The first kappa shape index (κ1) is 33.6. The molecule has 2 aromatic rings. The van der Waals surface area contributed by atoms with Gasteiger partial charge in [-0.15, -0.1) is 0 Å². The maximum Gasteiger partial charge on any atom is 0.326 e. The van der Waals surface area contributed by atoms with Crippen molar-refractivity contribution in [1.29, 1.82) is 0 Å². The van der Waals surface area contributed by atoms with E-state index in [0.29, 0.717) is 37.1 Å². The molecule has 0 fully saturated rings. The summed E-state index contributed by atoms with van der Waals surface area (Å²) in [5.41, 5.74) is 13.1. The number of thioether (sulfide) groups is 1. The Balaban J connectivity index is 2.30. The molecular formula is C27H40N6O7S. The number of benzene rings is 1. The number of amides is 3. The van der Waals surface area contributed by atoms with Crippen molar-refractivity contribution in [3.8, 4) is 0 Å². The van der Waals surface area contributed by atoms with E-state index in [4.69, 9.17) is 16.6 Å². The lowest BCUT2D eigenvalue weighted by Crippen LogP contribution is -2.57. The quantitative estimate of drug-likeness (QED) is 0.104. The number of carboxylic acid groups (broad SMARTS) is 2. The SMILES string of the molecule is CSCCC(N)C(=O)NC(CCCCN)C(=O)NC(Cc1c[nH]c2ccccc12)C(=O)NC(CCC(=O)O)C(=O)O. The smallest absolute Gasteiger partial charge is 0.326 e. The number of carbonyl (C=O) groups excluding carboxylic acids is 3. The van der Waals surface area contributed by atoms with Gasteiger partial charge in [-0.1, -0.05) is 18.2 Å². The Labute approximate surface area is 242 Å². The van der Waals surface area contributed by atoms with Gasteiger partial charge < -0.3 is 42.6 Å². The second-order valence-electron chi connectivity index (χ2n) is 9.69. The minimum absolute atomic E-state index is 0.00353. The number of nitrogens with one attached hydrogen (secondary N) is 4. The molecule has 14 heteroatoms. The van der Waals surface area contributed by atoms with Crippen LogP contribution >= 0.6 is 11.8 Å². The molecule has 226 valence electrons. The highest BCUT2D eigenvalue weighted by atomic mass is 32.2. The molecule has 10 N–H and O–H groups in total. The second kappa shape index (κ2) is 17.3. The van der Waals surface area contributed by atoms with E-state index in [0.717, 1.165) is 10.9 Å². The molecular weight excluding hydrogens is 552 g/mol. The van der Waals surface area contributed by atoms with Crippen LogP contribution in [0.15, 0.2) is 30.5 Å². The fraction of sp³-hybridized carbons (Fsp3) is 0.519. The average molecular weight is 593 g/mol. The zero-order valence-corrected chi connectivity index (χ0v) is 23.9. The van der Waals surface area contributed by atoms with Crippen molar-refractivity contribution >= 4 is 52.3 Å². The maximum absolute atomic E-state index is 13.5. The van der Waals surface area contributed by atoms with Gasteiger partial charge in [-0.2, -0.15) is 11.8 Å². The first-order chi connectivity index (χ1) is 19.6. The average Bonchev–Trinajstić information content (AvgIpc) is 3.35. The van der Waals surface area contributed by atoms with Crippen LogP contribution in [0.3, 0.4) is 0 Å². The van der Waals surface area contributed by atoms with Gasteiger partial charge in [0.25, 0.3) is 0 Å².